The summed E-state index contributed by atoms with van der Waals surface area (Å²) in [5.74, 6) is -1.94. The van der Waals surface area contributed by atoms with Gasteiger partial charge in [0, 0.05) is 18.9 Å². The number of amides is 3. The predicted molar refractivity (Wildman–Crippen MR) is 199 cm³/mol. The van der Waals surface area contributed by atoms with Crippen molar-refractivity contribution in [3.63, 3.8) is 0 Å². The van der Waals surface area contributed by atoms with Gasteiger partial charge in [0.2, 0.25) is 11.8 Å². The third-order valence-corrected chi connectivity index (χ3v) is 9.80. The van der Waals surface area contributed by atoms with Gasteiger partial charge >= 0.3 is 12.1 Å². The first-order chi connectivity index (χ1) is 25.3. The lowest BCUT2D eigenvalue weighted by atomic mass is 9.98. The number of carbonyl (C=O) groups is 4. The van der Waals surface area contributed by atoms with E-state index in [1.807, 2.05) is 66.7 Å². The number of allylic oxidation sites excluding steroid dienone is 2. The van der Waals surface area contributed by atoms with Gasteiger partial charge in [0.15, 0.2) is 0 Å². The van der Waals surface area contributed by atoms with Gasteiger partial charge in [-0.3, -0.25) is 9.59 Å². The fraction of sp³-hybridized carbons (Fsp3) is 0.381. The zero-order valence-electron chi connectivity index (χ0n) is 29.6. The summed E-state index contributed by atoms with van der Waals surface area (Å²) in [5, 5.41) is 15.4. The maximum absolute atomic E-state index is 13.8. The Kier molecular flexibility index (Phi) is 13.8. The maximum Gasteiger partial charge on any atom is 0.407 e. The van der Waals surface area contributed by atoms with E-state index in [1.165, 1.54) is 0 Å². The van der Waals surface area contributed by atoms with Gasteiger partial charge in [0.1, 0.15) is 19.3 Å². The van der Waals surface area contributed by atoms with E-state index >= 15 is 0 Å². The number of aliphatic hydroxyl groups is 1. The van der Waals surface area contributed by atoms with Crippen LogP contribution in [0.4, 0.5) is 4.79 Å². The Morgan fingerprint density at radius 2 is 1.54 bits per heavy atom. The van der Waals surface area contributed by atoms with E-state index in [0.29, 0.717) is 32.2 Å². The highest BCUT2D eigenvalue weighted by atomic mass is 16.6. The Labute approximate surface area is 305 Å². The summed E-state index contributed by atoms with van der Waals surface area (Å²) in [6.07, 6.45) is 5.36. The molecule has 10 nitrogen and oxygen atoms in total. The molecule has 1 fully saturated rings. The molecule has 3 aromatic rings. The normalized spacial score (nSPS) is 16.5. The predicted octanol–water partition coefficient (Wildman–Crippen LogP) is 5.70. The van der Waals surface area contributed by atoms with E-state index in [1.54, 1.807) is 17.1 Å². The van der Waals surface area contributed by atoms with Crippen molar-refractivity contribution in [1.29, 1.82) is 0 Å². The van der Waals surface area contributed by atoms with Crippen LogP contribution in [-0.2, 0) is 30.3 Å². The van der Waals surface area contributed by atoms with Gasteiger partial charge in [-0.2, -0.15) is 0 Å². The van der Waals surface area contributed by atoms with Crippen LogP contribution in [0.5, 0.6) is 0 Å². The highest BCUT2D eigenvalue weighted by Crippen LogP contribution is 2.44. The molecule has 0 spiro atoms. The zero-order chi connectivity index (χ0) is 36.9. The molecule has 1 heterocycles. The standard InChI is InChI=1S/C42H49N3O7/c1-3-5-22-38(44-42(50)52-28-37-35-20-11-9-18-33(35)34-19-10-12-21-36(34)37)41(49)51-27-32-17-13-23-45(32)40(48)30(14-4-2)25-39(47)43-31(26-46)24-29-15-7-6-8-16-29/h3-4,6-12,15-16,18-21,30-32,37-38,46H,1-2,5,13-14,17,22-28H2,(H,43,47)(H,44,50)/t30-,31-,32+,38+/m1/s1. The summed E-state index contributed by atoms with van der Waals surface area (Å²) in [6.45, 7) is 7.84. The summed E-state index contributed by atoms with van der Waals surface area (Å²) in [5.41, 5.74) is 5.39. The minimum atomic E-state index is -0.966. The number of likely N-dealkylation sites (tertiary alicyclic amines) is 1. The van der Waals surface area contributed by atoms with E-state index in [2.05, 4.69) is 35.9 Å². The molecule has 3 N–H and O–H groups in total. The molecule has 0 aromatic heterocycles. The highest BCUT2D eigenvalue weighted by molar-refractivity contribution is 5.87. The molecule has 0 radical (unpaired) electrons. The van der Waals surface area contributed by atoms with Crippen molar-refractivity contribution in [2.75, 3.05) is 26.4 Å². The number of carbonyl (C=O) groups excluding carboxylic acids is 4. The Bertz CT molecular complexity index is 1660. The minimum absolute atomic E-state index is 0.0435. The molecular weight excluding hydrogens is 658 g/mol. The van der Waals surface area contributed by atoms with Crippen LogP contribution in [0.3, 0.4) is 0 Å². The van der Waals surface area contributed by atoms with Crippen LogP contribution in [0.2, 0.25) is 0 Å². The van der Waals surface area contributed by atoms with Crippen LogP contribution < -0.4 is 10.6 Å². The lowest BCUT2D eigenvalue weighted by Crippen LogP contribution is -2.46. The molecule has 2 aliphatic rings. The number of aliphatic hydroxyl groups excluding tert-OH is 1. The molecule has 0 saturated carbocycles. The van der Waals surface area contributed by atoms with Crippen LogP contribution in [0.25, 0.3) is 11.1 Å². The average Bonchev–Trinajstić information content (AvgIpc) is 3.77. The number of benzene rings is 3. The number of alkyl carbamates (subject to hydrolysis) is 1. The van der Waals surface area contributed by atoms with Crippen molar-refractivity contribution < 1.29 is 33.8 Å². The molecule has 274 valence electrons. The molecule has 1 saturated heterocycles. The number of nitrogens with zero attached hydrogens (tertiary/aromatic N) is 1. The molecule has 0 unspecified atom stereocenters. The van der Waals surface area contributed by atoms with E-state index < -0.39 is 30.1 Å². The molecule has 3 aromatic carbocycles. The summed E-state index contributed by atoms with van der Waals surface area (Å²) in [4.78, 5) is 54.8. The molecule has 5 rings (SSSR count). The fourth-order valence-corrected chi connectivity index (χ4v) is 7.17. The number of rotatable bonds is 18. The second-order valence-corrected chi connectivity index (χ2v) is 13.4. The van der Waals surface area contributed by atoms with Gasteiger partial charge in [-0.1, -0.05) is 91.0 Å². The number of hydrogen-bond donors (Lipinski definition) is 3. The smallest absolute Gasteiger partial charge is 0.407 e. The molecule has 52 heavy (non-hydrogen) atoms. The lowest BCUT2D eigenvalue weighted by molar-refractivity contribution is -0.150. The first-order valence-electron chi connectivity index (χ1n) is 18.1. The molecule has 1 aliphatic carbocycles. The number of fused-ring (bicyclic) bond motifs is 3. The largest absolute Gasteiger partial charge is 0.462 e. The van der Waals surface area contributed by atoms with Crippen LogP contribution in [-0.4, -0.2) is 78.4 Å². The number of ether oxygens (including phenoxy) is 2. The van der Waals surface area contributed by atoms with Gasteiger partial charge < -0.3 is 30.1 Å². The van der Waals surface area contributed by atoms with Crippen molar-refractivity contribution in [3.05, 3.63) is 121 Å². The quantitative estimate of drug-likeness (QED) is 0.114. The van der Waals surface area contributed by atoms with Gasteiger partial charge in [0.05, 0.1) is 24.6 Å². The molecule has 10 heteroatoms. The molecule has 0 bridgehead atoms. The van der Waals surface area contributed by atoms with Gasteiger partial charge in [0.25, 0.3) is 0 Å². The van der Waals surface area contributed by atoms with E-state index in [-0.39, 0.29) is 56.4 Å². The first kappa shape index (κ1) is 38.0. The Balaban J connectivity index is 1.14. The van der Waals surface area contributed by atoms with Gasteiger partial charge in [-0.05, 0) is 66.3 Å². The molecular formula is C42H49N3O7. The van der Waals surface area contributed by atoms with Crippen molar-refractivity contribution in [2.24, 2.45) is 5.92 Å². The SMILES string of the molecule is C=CCC[C@H](NC(=O)OCC1c2ccccc2-c2ccccc21)C(=O)OC[C@@H]1CCCN1C(=O)[C@H](CC=C)CC(=O)N[C@@H](CO)Cc1ccccc1. The van der Waals surface area contributed by atoms with Gasteiger partial charge in [-0.25, -0.2) is 9.59 Å². The molecule has 3 amide bonds. The fourth-order valence-electron chi connectivity index (χ4n) is 7.17. The number of nitrogens with one attached hydrogen (secondary N) is 2. The van der Waals surface area contributed by atoms with E-state index in [4.69, 9.17) is 9.47 Å². The monoisotopic (exact) mass is 707 g/mol. The summed E-state index contributed by atoms with van der Waals surface area (Å²) >= 11 is 0. The summed E-state index contributed by atoms with van der Waals surface area (Å²) in [7, 11) is 0. The first-order valence-corrected chi connectivity index (χ1v) is 18.1. The highest BCUT2D eigenvalue weighted by Gasteiger charge is 2.36. The second-order valence-electron chi connectivity index (χ2n) is 13.4. The lowest BCUT2D eigenvalue weighted by Gasteiger charge is -2.29. The summed E-state index contributed by atoms with van der Waals surface area (Å²) in [6, 6.07) is 23.9. The average molecular weight is 708 g/mol. The Hall–Kier alpha value is -5.22. The molecule has 1 aliphatic heterocycles. The molecule has 4 atom stereocenters. The van der Waals surface area contributed by atoms with Gasteiger partial charge in [-0.15, -0.1) is 13.2 Å². The minimum Gasteiger partial charge on any atom is -0.462 e. The third kappa shape index (κ3) is 9.76. The van der Waals surface area contributed by atoms with Crippen LogP contribution in [0.1, 0.15) is 61.1 Å². The van der Waals surface area contributed by atoms with Crippen molar-refractivity contribution >= 4 is 23.9 Å². The Morgan fingerprint density at radius 3 is 2.19 bits per heavy atom. The second kappa shape index (κ2) is 18.9. The zero-order valence-corrected chi connectivity index (χ0v) is 29.6. The van der Waals surface area contributed by atoms with E-state index in [9.17, 15) is 24.3 Å². The number of hydrogen-bond acceptors (Lipinski definition) is 7. The Morgan fingerprint density at radius 1 is 0.865 bits per heavy atom. The van der Waals surface area contributed by atoms with Crippen LogP contribution >= 0.6 is 0 Å². The van der Waals surface area contributed by atoms with E-state index in [0.717, 1.165) is 34.2 Å². The van der Waals surface area contributed by atoms with Crippen molar-refractivity contribution in [2.45, 2.75) is 69.0 Å². The van der Waals surface area contributed by atoms with Crippen molar-refractivity contribution in [3.8, 4) is 11.1 Å². The topological polar surface area (TPSA) is 134 Å². The third-order valence-electron chi connectivity index (χ3n) is 9.80. The summed E-state index contributed by atoms with van der Waals surface area (Å²) < 4.78 is 11.4. The van der Waals surface area contributed by atoms with Crippen molar-refractivity contribution in [1.82, 2.24) is 15.5 Å². The maximum atomic E-state index is 13.8. The number of esters is 1. The van der Waals surface area contributed by atoms with Crippen LogP contribution in [0, 0.1) is 5.92 Å². The van der Waals surface area contributed by atoms with Crippen LogP contribution in [0.15, 0.2) is 104 Å².